The lowest BCUT2D eigenvalue weighted by Gasteiger charge is -2.23. The average Bonchev–Trinajstić information content (AvgIpc) is 2.55. The standard InChI is InChI=1S/C16H12Br2O4/c17-14-8-6-12(7-9-14)10-21-15(20)16(18,22-11-19)13-4-2-1-3-5-13/h1-9,11H,10H2. The van der Waals surface area contributed by atoms with Gasteiger partial charge in [-0.25, -0.2) is 4.79 Å². The van der Waals surface area contributed by atoms with Gasteiger partial charge in [0.25, 0.3) is 11.0 Å². The van der Waals surface area contributed by atoms with Crippen LogP contribution >= 0.6 is 31.9 Å². The molecule has 2 aromatic carbocycles. The number of hydrogen-bond donors (Lipinski definition) is 0. The lowest BCUT2D eigenvalue weighted by molar-refractivity contribution is -0.166. The first-order chi connectivity index (χ1) is 10.6. The van der Waals surface area contributed by atoms with Crippen molar-refractivity contribution in [3.63, 3.8) is 0 Å². The maximum Gasteiger partial charge on any atom is 0.367 e. The van der Waals surface area contributed by atoms with E-state index in [0.717, 1.165) is 10.0 Å². The van der Waals surface area contributed by atoms with Gasteiger partial charge in [0.15, 0.2) is 0 Å². The number of ether oxygens (including phenoxy) is 2. The first-order valence-corrected chi connectivity index (χ1v) is 7.92. The summed E-state index contributed by atoms with van der Waals surface area (Å²) in [4.78, 5) is 23.1. The molecule has 0 bridgehead atoms. The van der Waals surface area contributed by atoms with Crippen LogP contribution in [0.25, 0.3) is 0 Å². The Labute approximate surface area is 144 Å². The van der Waals surface area contributed by atoms with Gasteiger partial charge in [0, 0.05) is 10.0 Å². The van der Waals surface area contributed by atoms with E-state index in [1.807, 2.05) is 24.3 Å². The third kappa shape index (κ3) is 3.96. The Morgan fingerprint density at radius 1 is 1.09 bits per heavy atom. The van der Waals surface area contributed by atoms with Crippen LogP contribution in [0.5, 0.6) is 0 Å². The molecule has 2 aromatic rings. The van der Waals surface area contributed by atoms with Crippen LogP contribution in [0.4, 0.5) is 0 Å². The fraction of sp³-hybridized carbons (Fsp3) is 0.125. The Balaban J connectivity index is 2.13. The molecule has 6 heteroatoms. The van der Waals surface area contributed by atoms with Crippen molar-refractivity contribution >= 4 is 44.3 Å². The third-order valence-corrected chi connectivity index (χ3v) is 4.40. The molecule has 0 saturated carbocycles. The van der Waals surface area contributed by atoms with Crippen molar-refractivity contribution in [2.75, 3.05) is 0 Å². The van der Waals surface area contributed by atoms with Crippen molar-refractivity contribution in [2.45, 2.75) is 11.1 Å². The van der Waals surface area contributed by atoms with E-state index in [4.69, 9.17) is 9.47 Å². The predicted octanol–water partition coefficient (Wildman–Crippen LogP) is 3.91. The molecule has 0 amide bonds. The lowest BCUT2D eigenvalue weighted by Crippen LogP contribution is -2.34. The van der Waals surface area contributed by atoms with Gasteiger partial charge in [-0.1, -0.05) is 58.4 Å². The minimum absolute atomic E-state index is 0.0779. The van der Waals surface area contributed by atoms with Crippen LogP contribution in [0.3, 0.4) is 0 Å². The van der Waals surface area contributed by atoms with Gasteiger partial charge in [-0.3, -0.25) is 4.79 Å². The van der Waals surface area contributed by atoms with Crippen LogP contribution in [-0.4, -0.2) is 12.4 Å². The first kappa shape index (κ1) is 16.7. The molecular formula is C16H12Br2O4. The SMILES string of the molecule is O=COC(Br)(C(=O)OCc1ccc(Br)cc1)c1ccccc1. The lowest BCUT2D eigenvalue weighted by atomic mass is 10.1. The summed E-state index contributed by atoms with van der Waals surface area (Å²) in [6.07, 6.45) is 0. The van der Waals surface area contributed by atoms with Crippen molar-refractivity contribution < 1.29 is 19.1 Å². The maximum absolute atomic E-state index is 12.3. The fourth-order valence-electron chi connectivity index (χ4n) is 1.78. The second-order valence-corrected chi connectivity index (χ2v) is 6.41. The number of carbonyl (C=O) groups is 2. The minimum Gasteiger partial charge on any atom is -0.457 e. The molecule has 0 fully saturated rings. The third-order valence-electron chi connectivity index (χ3n) is 2.90. The van der Waals surface area contributed by atoms with Gasteiger partial charge in [0.2, 0.25) is 0 Å². The van der Waals surface area contributed by atoms with Crippen molar-refractivity contribution in [3.05, 3.63) is 70.2 Å². The van der Waals surface area contributed by atoms with E-state index in [9.17, 15) is 9.59 Å². The van der Waals surface area contributed by atoms with Crippen LogP contribution in [-0.2, 0) is 30.2 Å². The molecule has 114 valence electrons. The smallest absolute Gasteiger partial charge is 0.367 e. The molecule has 0 aromatic heterocycles. The Hall–Kier alpha value is -1.66. The number of carbonyl (C=O) groups excluding carboxylic acids is 2. The zero-order valence-electron chi connectivity index (χ0n) is 11.4. The van der Waals surface area contributed by atoms with Gasteiger partial charge in [-0.2, -0.15) is 0 Å². The van der Waals surface area contributed by atoms with Gasteiger partial charge in [-0.15, -0.1) is 0 Å². The van der Waals surface area contributed by atoms with Crippen molar-refractivity contribution in [2.24, 2.45) is 0 Å². The van der Waals surface area contributed by atoms with Crippen LogP contribution < -0.4 is 0 Å². The van der Waals surface area contributed by atoms with Gasteiger partial charge in [-0.05, 0) is 33.6 Å². The van der Waals surface area contributed by atoms with Crippen molar-refractivity contribution in [1.82, 2.24) is 0 Å². The molecule has 0 aliphatic carbocycles. The summed E-state index contributed by atoms with van der Waals surface area (Å²) in [5, 5.41) is 0. The molecule has 0 spiro atoms. The van der Waals surface area contributed by atoms with Crippen LogP contribution in [0, 0.1) is 0 Å². The molecule has 0 heterocycles. The molecule has 0 saturated heterocycles. The number of alkyl halides is 1. The van der Waals surface area contributed by atoms with Crippen molar-refractivity contribution in [1.29, 1.82) is 0 Å². The molecule has 1 atom stereocenters. The van der Waals surface area contributed by atoms with Gasteiger partial charge in [0.05, 0.1) is 0 Å². The molecular weight excluding hydrogens is 416 g/mol. The molecule has 0 N–H and O–H groups in total. The van der Waals surface area contributed by atoms with Gasteiger partial charge in [0.1, 0.15) is 6.61 Å². The zero-order chi connectivity index (χ0) is 16.0. The average molecular weight is 428 g/mol. The predicted molar refractivity (Wildman–Crippen MR) is 88.1 cm³/mol. The van der Waals surface area contributed by atoms with Crippen LogP contribution in [0.1, 0.15) is 11.1 Å². The summed E-state index contributed by atoms with van der Waals surface area (Å²) in [5.41, 5.74) is 1.30. The number of halogens is 2. The monoisotopic (exact) mass is 426 g/mol. The largest absolute Gasteiger partial charge is 0.457 e. The Kier molecular flexibility index (Phi) is 5.74. The molecule has 0 aliphatic rings. The van der Waals surface area contributed by atoms with E-state index in [1.165, 1.54) is 0 Å². The highest BCUT2D eigenvalue weighted by atomic mass is 79.9. The van der Waals surface area contributed by atoms with E-state index >= 15 is 0 Å². The molecule has 1 unspecified atom stereocenters. The maximum atomic E-state index is 12.3. The highest BCUT2D eigenvalue weighted by Gasteiger charge is 2.41. The second kappa shape index (κ2) is 7.56. The van der Waals surface area contributed by atoms with E-state index < -0.39 is 10.5 Å². The van der Waals surface area contributed by atoms with E-state index in [0.29, 0.717) is 5.56 Å². The minimum atomic E-state index is -1.65. The molecule has 22 heavy (non-hydrogen) atoms. The number of benzene rings is 2. The summed E-state index contributed by atoms with van der Waals surface area (Å²) >= 11 is 6.50. The van der Waals surface area contributed by atoms with Crippen LogP contribution in [0.15, 0.2) is 59.1 Å². The Bertz CT molecular complexity index is 643. The summed E-state index contributed by atoms with van der Waals surface area (Å²) in [6.45, 7) is 0.289. The Morgan fingerprint density at radius 3 is 2.32 bits per heavy atom. The van der Waals surface area contributed by atoms with E-state index in [1.54, 1.807) is 30.3 Å². The topological polar surface area (TPSA) is 52.6 Å². The quantitative estimate of drug-likeness (QED) is 0.398. The van der Waals surface area contributed by atoms with Crippen LogP contribution in [0.2, 0.25) is 0 Å². The van der Waals surface area contributed by atoms with E-state index in [2.05, 4.69) is 31.9 Å². The van der Waals surface area contributed by atoms with Crippen molar-refractivity contribution in [3.8, 4) is 0 Å². The van der Waals surface area contributed by atoms with E-state index in [-0.39, 0.29) is 13.1 Å². The fourth-order valence-corrected chi connectivity index (χ4v) is 2.49. The molecule has 0 radical (unpaired) electrons. The Morgan fingerprint density at radius 2 is 1.73 bits per heavy atom. The normalized spacial score (nSPS) is 13.0. The first-order valence-electron chi connectivity index (χ1n) is 6.34. The summed E-state index contributed by atoms with van der Waals surface area (Å²) in [7, 11) is 0. The molecule has 2 rings (SSSR count). The van der Waals surface area contributed by atoms with Gasteiger partial charge >= 0.3 is 5.97 Å². The summed E-state index contributed by atoms with van der Waals surface area (Å²) in [6, 6.07) is 16.0. The zero-order valence-corrected chi connectivity index (χ0v) is 14.5. The van der Waals surface area contributed by atoms with Gasteiger partial charge < -0.3 is 9.47 Å². The molecule has 0 aliphatic heterocycles. The number of rotatable bonds is 6. The number of hydrogen-bond acceptors (Lipinski definition) is 4. The highest BCUT2D eigenvalue weighted by Crippen LogP contribution is 2.34. The number of esters is 1. The summed E-state index contributed by atoms with van der Waals surface area (Å²) < 4.78 is 9.48. The molecule has 4 nitrogen and oxygen atoms in total. The highest BCUT2D eigenvalue weighted by molar-refractivity contribution is 9.10. The second-order valence-electron chi connectivity index (χ2n) is 4.38. The summed E-state index contributed by atoms with van der Waals surface area (Å²) in [5.74, 6) is -0.700.